The molecule has 21 heavy (non-hydrogen) atoms. The zero-order chi connectivity index (χ0) is 15.4. The molecule has 0 spiro atoms. The number of nitriles is 1. The number of nitrogens with zero attached hydrogens (tertiary/aromatic N) is 1. The molecule has 0 aliphatic heterocycles. The normalized spacial score (nSPS) is 11.2. The number of allylic oxidation sites excluding steroid dienone is 1. The summed E-state index contributed by atoms with van der Waals surface area (Å²) in [7, 11) is 0. The maximum absolute atomic E-state index is 9.78. The van der Waals surface area contributed by atoms with E-state index >= 15 is 0 Å². The second-order valence-electron chi connectivity index (χ2n) is 4.68. The minimum Gasteiger partial charge on any atom is -0.507 e. The van der Waals surface area contributed by atoms with E-state index in [0.29, 0.717) is 15.7 Å². The molecule has 0 unspecified atom stereocenters. The lowest BCUT2D eigenvalue weighted by Gasteiger charge is -2.06. The van der Waals surface area contributed by atoms with Gasteiger partial charge in [0.15, 0.2) is 0 Å². The predicted octanol–water partition coefficient (Wildman–Crippen LogP) is 5.32. The number of phenolic OH excluding ortho intramolecular Hbond substituents is 1. The van der Waals surface area contributed by atoms with Crippen molar-refractivity contribution in [2.75, 3.05) is 0 Å². The number of thioether (sulfide) groups is 1. The molecule has 0 fully saturated rings. The molecule has 2 nitrogen and oxygen atoms in total. The molecule has 0 bridgehead atoms. The molecular formula is C17H14ClNOS. The van der Waals surface area contributed by atoms with Gasteiger partial charge in [-0.15, -0.1) is 0 Å². The zero-order valence-electron chi connectivity index (χ0n) is 11.7. The zero-order valence-corrected chi connectivity index (χ0v) is 13.3. The fourth-order valence-electron chi connectivity index (χ4n) is 1.94. The van der Waals surface area contributed by atoms with E-state index in [1.807, 2.05) is 44.2 Å². The Morgan fingerprint density at radius 1 is 1.19 bits per heavy atom. The van der Waals surface area contributed by atoms with Crippen molar-refractivity contribution >= 4 is 29.4 Å². The van der Waals surface area contributed by atoms with Crippen LogP contribution in [0.1, 0.15) is 16.7 Å². The van der Waals surface area contributed by atoms with Gasteiger partial charge >= 0.3 is 0 Å². The highest BCUT2D eigenvalue weighted by atomic mass is 35.5. The number of benzene rings is 2. The minimum absolute atomic E-state index is 0.302. The number of hydrogen-bond donors (Lipinski definition) is 1. The molecule has 0 aromatic heterocycles. The summed E-state index contributed by atoms with van der Waals surface area (Å²) in [6, 6.07) is 13.3. The van der Waals surface area contributed by atoms with Crippen molar-refractivity contribution in [3.8, 4) is 11.8 Å². The molecule has 0 atom stereocenters. The van der Waals surface area contributed by atoms with E-state index < -0.39 is 0 Å². The average molecular weight is 316 g/mol. The maximum atomic E-state index is 9.78. The molecule has 2 aromatic carbocycles. The Morgan fingerprint density at radius 2 is 1.76 bits per heavy atom. The van der Waals surface area contributed by atoms with Crippen LogP contribution in [-0.2, 0) is 0 Å². The van der Waals surface area contributed by atoms with E-state index in [4.69, 9.17) is 11.6 Å². The largest absolute Gasteiger partial charge is 0.507 e. The lowest BCUT2D eigenvalue weighted by molar-refractivity contribution is 0.467. The Labute approximate surface area is 133 Å². The van der Waals surface area contributed by atoms with Crippen molar-refractivity contribution in [2.45, 2.75) is 18.7 Å². The third-order valence-electron chi connectivity index (χ3n) is 2.96. The number of aryl methyl sites for hydroxylation is 2. The fraction of sp³-hybridized carbons (Fsp3) is 0.118. The third-order valence-corrected chi connectivity index (χ3v) is 4.15. The van der Waals surface area contributed by atoms with Gasteiger partial charge in [-0.05, 0) is 73.0 Å². The van der Waals surface area contributed by atoms with Gasteiger partial charge in [-0.1, -0.05) is 23.4 Å². The SMILES string of the molecule is Cc1cc(/C=C(\C#N)Sc2ccc(Cl)cc2)cc(C)c1O. The molecule has 2 aromatic rings. The Bertz CT molecular complexity index is 706. The van der Waals surface area contributed by atoms with Gasteiger partial charge in [0.05, 0.1) is 4.91 Å². The first kappa shape index (κ1) is 15.5. The molecule has 1 N–H and O–H groups in total. The Morgan fingerprint density at radius 3 is 2.29 bits per heavy atom. The van der Waals surface area contributed by atoms with Crippen molar-refractivity contribution in [3.05, 3.63) is 63.0 Å². The van der Waals surface area contributed by atoms with E-state index in [1.165, 1.54) is 11.8 Å². The quantitative estimate of drug-likeness (QED) is 0.616. The monoisotopic (exact) mass is 315 g/mol. The molecule has 2 rings (SSSR count). The highest BCUT2D eigenvalue weighted by molar-refractivity contribution is 8.03. The van der Waals surface area contributed by atoms with Crippen LogP contribution in [0.5, 0.6) is 5.75 Å². The topological polar surface area (TPSA) is 44.0 Å². The van der Waals surface area contributed by atoms with Gasteiger partial charge in [-0.2, -0.15) is 5.26 Å². The van der Waals surface area contributed by atoms with E-state index in [2.05, 4.69) is 6.07 Å². The molecule has 0 heterocycles. The highest BCUT2D eigenvalue weighted by Gasteiger charge is 2.05. The van der Waals surface area contributed by atoms with Gasteiger partial charge in [-0.3, -0.25) is 0 Å². The fourth-order valence-corrected chi connectivity index (χ4v) is 2.83. The molecule has 0 saturated carbocycles. The summed E-state index contributed by atoms with van der Waals surface area (Å²) in [4.78, 5) is 1.54. The Kier molecular flexibility index (Phi) is 4.95. The molecule has 0 radical (unpaired) electrons. The number of hydrogen-bond acceptors (Lipinski definition) is 3. The van der Waals surface area contributed by atoms with Crippen molar-refractivity contribution in [2.24, 2.45) is 0 Å². The lowest BCUT2D eigenvalue weighted by atomic mass is 10.1. The van der Waals surface area contributed by atoms with Crippen LogP contribution >= 0.6 is 23.4 Å². The van der Waals surface area contributed by atoms with E-state index in [-0.39, 0.29) is 0 Å². The summed E-state index contributed by atoms with van der Waals surface area (Å²) < 4.78 is 0. The summed E-state index contributed by atoms with van der Waals surface area (Å²) >= 11 is 7.24. The first-order valence-corrected chi connectivity index (χ1v) is 7.54. The third kappa shape index (κ3) is 4.04. The van der Waals surface area contributed by atoms with E-state index in [1.54, 1.807) is 12.1 Å². The van der Waals surface area contributed by atoms with Crippen LogP contribution in [0.2, 0.25) is 5.02 Å². The summed E-state index contributed by atoms with van der Waals surface area (Å²) in [5, 5.41) is 19.7. The molecule has 0 amide bonds. The first-order chi connectivity index (χ1) is 9.99. The number of halogens is 1. The summed E-state index contributed by atoms with van der Waals surface area (Å²) in [6.45, 7) is 3.69. The molecule has 106 valence electrons. The van der Waals surface area contributed by atoms with Crippen LogP contribution in [0.15, 0.2) is 46.2 Å². The number of phenols is 1. The van der Waals surface area contributed by atoms with E-state index in [0.717, 1.165) is 21.6 Å². The van der Waals surface area contributed by atoms with Crippen LogP contribution in [0, 0.1) is 25.2 Å². The van der Waals surface area contributed by atoms with Gasteiger partial charge in [0.1, 0.15) is 11.8 Å². The van der Waals surface area contributed by atoms with Crippen molar-refractivity contribution < 1.29 is 5.11 Å². The average Bonchev–Trinajstić information content (AvgIpc) is 2.46. The van der Waals surface area contributed by atoms with Crippen molar-refractivity contribution in [1.82, 2.24) is 0 Å². The smallest absolute Gasteiger partial charge is 0.121 e. The van der Waals surface area contributed by atoms with Crippen molar-refractivity contribution in [1.29, 1.82) is 5.26 Å². The lowest BCUT2D eigenvalue weighted by Crippen LogP contribution is -1.84. The highest BCUT2D eigenvalue weighted by Crippen LogP contribution is 2.30. The molecule has 4 heteroatoms. The standard InChI is InChI=1S/C17H14ClNOS/c1-11-7-13(8-12(2)17(11)20)9-16(10-19)21-15-5-3-14(18)4-6-15/h3-9,20H,1-2H3/b16-9+. The second-order valence-corrected chi connectivity index (χ2v) is 6.23. The predicted molar refractivity (Wildman–Crippen MR) is 88.5 cm³/mol. The van der Waals surface area contributed by atoms with Gasteiger partial charge in [0.2, 0.25) is 0 Å². The Balaban J connectivity index is 2.29. The van der Waals surface area contributed by atoms with Crippen LogP contribution < -0.4 is 0 Å². The van der Waals surface area contributed by atoms with Gasteiger partial charge in [0.25, 0.3) is 0 Å². The summed E-state index contributed by atoms with van der Waals surface area (Å²) in [6.07, 6.45) is 1.82. The van der Waals surface area contributed by atoms with Crippen LogP contribution in [-0.4, -0.2) is 5.11 Å². The first-order valence-electron chi connectivity index (χ1n) is 6.35. The summed E-state index contributed by atoms with van der Waals surface area (Å²) in [5.41, 5.74) is 2.51. The van der Waals surface area contributed by atoms with E-state index in [9.17, 15) is 10.4 Å². The van der Waals surface area contributed by atoms with Crippen LogP contribution in [0.3, 0.4) is 0 Å². The maximum Gasteiger partial charge on any atom is 0.121 e. The molecule has 0 saturated heterocycles. The molecule has 0 aliphatic carbocycles. The van der Waals surface area contributed by atoms with Crippen LogP contribution in [0.4, 0.5) is 0 Å². The Hall–Kier alpha value is -1.89. The minimum atomic E-state index is 0.302. The summed E-state index contributed by atoms with van der Waals surface area (Å²) in [5.74, 6) is 0.302. The number of aromatic hydroxyl groups is 1. The second kappa shape index (κ2) is 6.71. The van der Waals surface area contributed by atoms with Crippen LogP contribution in [0.25, 0.3) is 6.08 Å². The number of rotatable bonds is 3. The van der Waals surface area contributed by atoms with Gasteiger partial charge in [-0.25, -0.2) is 0 Å². The van der Waals surface area contributed by atoms with Gasteiger partial charge in [0, 0.05) is 9.92 Å². The molecular weight excluding hydrogens is 302 g/mol. The molecule has 0 aliphatic rings. The van der Waals surface area contributed by atoms with Gasteiger partial charge < -0.3 is 5.11 Å². The van der Waals surface area contributed by atoms with Crippen molar-refractivity contribution in [3.63, 3.8) is 0 Å².